The van der Waals surface area contributed by atoms with Gasteiger partial charge in [-0.2, -0.15) is 0 Å². The third-order valence-corrected chi connectivity index (χ3v) is 6.60. The van der Waals surface area contributed by atoms with Crippen LogP contribution >= 0.6 is 0 Å². The summed E-state index contributed by atoms with van der Waals surface area (Å²) in [6.45, 7) is 1.87. The lowest BCUT2D eigenvalue weighted by molar-refractivity contribution is -0.383. The molecule has 0 bridgehead atoms. The smallest absolute Gasteiger partial charge is 0.187 e. The molecule has 3 aliphatic heterocycles. The fourth-order valence-corrected chi connectivity index (χ4v) is 4.43. The summed E-state index contributed by atoms with van der Waals surface area (Å²) >= 11 is 0. The lowest BCUT2D eigenvalue weighted by atomic mass is 9.91. The van der Waals surface area contributed by atoms with Crippen molar-refractivity contribution in [3.05, 3.63) is 0 Å². The molecule has 0 spiro atoms. The zero-order valence-corrected chi connectivity index (χ0v) is 19.1. The van der Waals surface area contributed by atoms with Crippen LogP contribution in [-0.4, -0.2) is 147 Å². The molecule has 6 unspecified atom stereocenters. The first kappa shape index (κ1) is 28.0. The molecule has 34 heavy (non-hydrogen) atoms. The quantitative estimate of drug-likeness (QED) is 0.165. The number of aliphatic hydroxyl groups excluding tert-OH is 8. The fourth-order valence-electron chi connectivity index (χ4n) is 4.43. The minimum atomic E-state index is -1.71. The molecule has 0 aromatic carbocycles. The summed E-state index contributed by atoms with van der Waals surface area (Å²) in [5.74, 6) is -0.600. The number of hydrogen-bond donors (Lipinski definition) is 8. The Balaban J connectivity index is 1.84. The zero-order chi connectivity index (χ0) is 25.3. The molecule has 3 heterocycles. The highest BCUT2D eigenvalue weighted by Crippen LogP contribution is 2.34. The Morgan fingerprint density at radius 1 is 0.588 bits per heavy atom. The predicted octanol–water partition coefficient (Wildman–Crippen LogP) is -4.62. The maximum absolute atomic E-state index is 10.7. The van der Waals surface area contributed by atoms with Crippen molar-refractivity contribution in [3.63, 3.8) is 0 Å². The van der Waals surface area contributed by atoms with Gasteiger partial charge >= 0.3 is 0 Å². The van der Waals surface area contributed by atoms with Crippen LogP contribution in [0.2, 0.25) is 0 Å². The van der Waals surface area contributed by atoms with E-state index in [9.17, 15) is 40.9 Å². The van der Waals surface area contributed by atoms with Crippen molar-refractivity contribution < 1.29 is 69.3 Å². The van der Waals surface area contributed by atoms with Crippen molar-refractivity contribution in [2.45, 2.75) is 99.9 Å². The highest BCUT2D eigenvalue weighted by Gasteiger charge is 2.53. The normalized spacial score (nSPS) is 52.5. The molecule has 0 aliphatic carbocycles. The van der Waals surface area contributed by atoms with Crippen molar-refractivity contribution in [1.29, 1.82) is 0 Å². The van der Waals surface area contributed by atoms with Gasteiger partial charge in [0.2, 0.25) is 0 Å². The predicted molar refractivity (Wildman–Crippen MR) is 108 cm³/mol. The Morgan fingerprint density at radius 2 is 1.15 bits per heavy atom. The average Bonchev–Trinajstić information content (AvgIpc) is 2.82. The van der Waals surface area contributed by atoms with Crippen LogP contribution in [0.1, 0.15) is 13.8 Å². The summed E-state index contributed by atoms with van der Waals surface area (Å²) < 4.78 is 33.4. The van der Waals surface area contributed by atoms with Gasteiger partial charge in [-0.15, -0.1) is 0 Å². The molecule has 200 valence electrons. The Morgan fingerprint density at radius 3 is 1.74 bits per heavy atom. The van der Waals surface area contributed by atoms with E-state index in [4.69, 9.17) is 28.4 Å². The van der Waals surface area contributed by atoms with Gasteiger partial charge in [0, 0.05) is 13.0 Å². The van der Waals surface area contributed by atoms with Crippen LogP contribution in [0.4, 0.5) is 0 Å². The molecule has 0 aromatic rings. The third-order valence-electron chi connectivity index (χ3n) is 6.60. The van der Waals surface area contributed by atoms with Gasteiger partial charge in [-0.05, 0) is 6.92 Å². The van der Waals surface area contributed by atoms with Crippen molar-refractivity contribution in [3.8, 4) is 0 Å². The number of ether oxygens (including phenoxy) is 6. The van der Waals surface area contributed by atoms with Gasteiger partial charge in [-0.25, -0.2) is 0 Å². The first-order chi connectivity index (χ1) is 16.0. The van der Waals surface area contributed by atoms with Crippen molar-refractivity contribution >= 4 is 0 Å². The summed E-state index contributed by atoms with van der Waals surface area (Å²) in [4.78, 5) is 0. The lowest BCUT2D eigenvalue weighted by Gasteiger charge is -2.48. The summed E-state index contributed by atoms with van der Waals surface area (Å²) in [6.07, 6.45) is -19.2. The van der Waals surface area contributed by atoms with Gasteiger partial charge in [0.1, 0.15) is 54.9 Å². The van der Waals surface area contributed by atoms with E-state index in [0.717, 1.165) is 0 Å². The fraction of sp³-hybridized carbons (Fsp3) is 1.00. The van der Waals surface area contributed by atoms with Crippen LogP contribution in [0.15, 0.2) is 0 Å². The number of methoxy groups -OCH3 is 1. The van der Waals surface area contributed by atoms with Crippen LogP contribution in [0.5, 0.6) is 0 Å². The van der Waals surface area contributed by atoms with Crippen LogP contribution in [0.25, 0.3) is 0 Å². The summed E-state index contributed by atoms with van der Waals surface area (Å²) in [7, 11) is 1.37. The highest BCUT2D eigenvalue weighted by atomic mass is 16.8. The van der Waals surface area contributed by atoms with Gasteiger partial charge in [0.25, 0.3) is 0 Å². The molecule has 0 radical (unpaired) electrons. The number of aliphatic hydroxyl groups is 8. The largest absolute Gasteiger partial charge is 0.394 e. The Kier molecular flexibility index (Phi) is 9.61. The Hall–Kier alpha value is -0.560. The Bertz CT molecular complexity index is 624. The minimum Gasteiger partial charge on any atom is -0.394 e. The highest BCUT2D eigenvalue weighted by molar-refractivity contribution is 4.95. The van der Waals surface area contributed by atoms with E-state index in [-0.39, 0.29) is 0 Å². The minimum absolute atomic E-state index is 0.542. The summed E-state index contributed by atoms with van der Waals surface area (Å²) in [5, 5.41) is 81.2. The maximum atomic E-state index is 10.7. The molecular weight excluding hydrogens is 464 g/mol. The SMILES string of the molecule is CO[C@@H]1OC(CO)[C@H](O)[C@H](O[C@@H]2OC(CO)[C@H](O)[C@H](O)C2O[C@@H]2OC(C)[C@@H](O)C(O)[C@@H]2O)C1C. The molecule has 14 nitrogen and oxygen atoms in total. The second-order valence-electron chi connectivity index (χ2n) is 8.90. The van der Waals surface area contributed by atoms with Gasteiger partial charge in [0.15, 0.2) is 18.9 Å². The number of rotatable bonds is 7. The number of hydrogen-bond acceptors (Lipinski definition) is 14. The van der Waals surface area contributed by atoms with E-state index in [0.29, 0.717) is 0 Å². The van der Waals surface area contributed by atoms with Crippen molar-refractivity contribution in [2.75, 3.05) is 20.3 Å². The van der Waals surface area contributed by atoms with Gasteiger partial charge in [-0.1, -0.05) is 6.92 Å². The van der Waals surface area contributed by atoms with Gasteiger partial charge in [-0.3, -0.25) is 0 Å². The van der Waals surface area contributed by atoms with Crippen molar-refractivity contribution in [2.24, 2.45) is 5.92 Å². The van der Waals surface area contributed by atoms with E-state index in [1.165, 1.54) is 14.0 Å². The maximum Gasteiger partial charge on any atom is 0.187 e. The summed E-state index contributed by atoms with van der Waals surface area (Å²) in [6, 6.07) is 0. The molecular formula is C20H36O14. The van der Waals surface area contributed by atoms with E-state index in [2.05, 4.69) is 0 Å². The Labute approximate surface area is 196 Å². The molecule has 8 N–H and O–H groups in total. The molecule has 15 atom stereocenters. The molecule has 0 amide bonds. The molecule has 3 fully saturated rings. The van der Waals surface area contributed by atoms with E-state index >= 15 is 0 Å². The molecule has 3 rings (SSSR count). The first-order valence-electron chi connectivity index (χ1n) is 11.2. The van der Waals surface area contributed by atoms with Crippen LogP contribution in [0, 0.1) is 5.92 Å². The standard InChI is InChI=1S/C20H36O14/c1-6-16(12(25)9(5-22)31-18(6)29-3)33-20-17(14(27)11(24)8(4-21)32-20)34-19-15(28)13(26)10(23)7(2)30-19/h6-28H,4-5H2,1-3H3/t6?,7?,8?,9?,10-,11+,12+,13?,14+,15+,16-,17?,18-,19+,20+/m1/s1. The zero-order valence-electron chi connectivity index (χ0n) is 19.1. The topological polar surface area (TPSA) is 217 Å². The summed E-state index contributed by atoms with van der Waals surface area (Å²) in [5.41, 5.74) is 0. The lowest BCUT2D eigenvalue weighted by Crippen LogP contribution is -2.65. The molecule has 0 aromatic heterocycles. The molecule has 3 saturated heterocycles. The van der Waals surface area contributed by atoms with E-state index < -0.39 is 105 Å². The second kappa shape index (κ2) is 11.7. The third kappa shape index (κ3) is 5.40. The second-order valence-corrected chi connectivity index (χ2v) is 8.90. The monoisotopic (exact) mass is 500 g/mol. The van der Waals surface area contributed by atoms with Gasteiger partial charge < -0.3 is 69.3 Å². The van der Waals surface area contributed by atoms with Crippen LogP contribution < -0.4 is 0 Å². The molecule has 14 heteroatoms. The van der Waals surface area contributed by atoms with Crippen molar-refractivity contribution in [1.82, 2.24) is 0 Å². The molecule has 3 aliphatic rings. The average molecular weight is 500 g/mol. The van der Waals surface area contributed by atoms with Crippen LogP contribution in [0.3, 0.4) is 0 Å². The first-order valence-corrected chi connectivity index (χ1v) is 11.2. The van der Waals surface area contributed by atoms with E-state index in [1.54, 1.807) is 6.92 Å². The molecule has 0 saturated carbocycles. The van der Waals surface area contributed by atoms with E-state index in [1.807, 2.05) is 0 Å². The van der Waals surface area contributed by atoms with Gasteiger partial charge in [0.05, 0.1) is 25.4 Å². The van der Waals surface area contributed by atoms with Crippen LogP contribution in [-0.2, 0) is 28.4 Å².